The SMILES string of the molecule is O=C(NCc1cccnc1)C1CC1C(=O)NC1CCCC1. The maximum atomic E-state index is 12.0. The second-order valence-electron chi connectivity index (χ2n) is 6.02. The molecular weight excluding hydrogens is 266 g/mol. The average molecular weight is 287 g/mol. The fourth-order valence-electron chi connectivity index (χ4n) is 2.98. The molecule has 0 bridgehead atoms. The van der Waals surface area contributed by atoms with Gasteiger partial charge in [-0.3, -0.25) is 14.6 Å². The Balaban J connectivity index is 1.41. The summed E-state index contributed by atoms with van der Waals surface area (Å²) in [6, 6.07) is 4.10. The summed E-state index contributed by atoms with van der Waals surface area (Å²) in [6.07, 6.45) is 8.67. The summed E-state index contributed by atoms with van der Waals surface area (Å²) in [5.74, 6) is -0.239. The van der Waals surface area contributed by atoms with Crippen LogP contribution in [-0.4, -0.2) is 22.8 Å². The summed E-state index contributed by atoms with van der Waals surface area (Å²) >= 11 is 0. The molecule has 5 heteroatoms. The number of amides is 2. The van der Waals surface area contributed by atoms with E-state index in [4.69, 9.17) is 0 Å². The molecule has 1 aromatic rings. The summed E-state index contributed by atoms with van der Waals surface area (Å²) in [5, 5.41) is 5.95. The lowest BCUT2D eigenvalue weighted by atomic mass is 10.2. The lowest BCUT2D eigenvalue weighted by Gasteiger charge is -2.11. The highest BCUT2D eigenvalue weighted by molar-refractivity contribution is 5.92. The van der Waals surface area contributed by atoms with Crippen LogP contribution in [0, 0.1) is 11.8 Å². The van der Waals surface area contributed by atoms with E-state index in [1.807, 2.05) is 12.1 Å². The predicted molar refractivity (Wildman–Crippen MR) is 78.1 cm³/mol. The number of hydrogen-bond donors (Lipinski definition) is 2. The van der Waals surface area contributed by atoms with Gasteiger partial charge in [0.05, 0.1) is 11.8 Å². The number of carbonyl (C=O) groups is 2. The maximum Gasteiger partial charge on any atom is 0.224 e. The van der Waals surface area contributed by atoms with Crippen LogP contribution < -0.4 is 10.6 Å². The summed E-state index contributed by atoms with van der Waals surface area (Å²) < 4.78 is 0. The largest absolute Gasteiger partial charge is 0.353 e. The van der Waals surface area contributed by atoms with Gasteiger partial charge in [-0.2, -0.15) is 0 Å². The third kappa shape index (κ3) is 3.60. The van der Waals surface area contributed by atoms with Crippen molar-refractivity contribution in [2.75, 3.05) is 0 Å². The Morgan fingerprint density at radius 2 is 1.95 bits per heavy atom. The highest BCUT2D eigenvalue weighted by Crippen LogP contribution is 2.39. The van der Waals surface area contributed by atoms with Crippen molar-refractivity contribution < 1.29 is 9.59 Å². The van der Waals surface area contributed by atoms with Crippen LogP contribution >= 0.6 is 0 Å². The zero-order valence-corrected chi connectivity index (χ0v) is 12.0. The van der Waals surface area contributed by atoms with E-state index in [1.54, 1.807) is 12.4 Å². The molecule has 0 aliphatic heterocycles. The molecule has 1 heterocycles. The van der Waals surface area contributed by atoms with Gasteiger partial charge in [-0.1, -0.05) is 18.9 Å². The Morgan fingerprint density at radius 3 is 2.67 bits per heavy atom. The molecule has 2 aliphatic carbocycles. The van der Waals surface area contributed by atoms with Gasteiger partial charge in [0.25, 0.3) is 0 Å². The van der Waals surface area contributed by atoms with Gasteiger partial charge in [0.1, 0.15) is 0 Å². The maximum absolute atomic E-state index is 12.0. The molecule has 2 fully saturated rings. The van der Waals surface area contributed by atoms with Crippen LogP contribution in [0.5, 0.6) is 0 Å². The Hall–Kier alpha value is -1.91. The van der Waals surface area contributed by atoms with Gasteiger partial charge in [-0.05, 0) is 30.9 Å². The first kappa shape index (κ1) is 14.0. The average Bonchev–Trinajstić information content (AvgIpc) is 3.16. The van der Waals surface area contributed by atoms with E-state index < -0.39 is 0 Å². The Kier molecular flexibility index (Phi) is 4.18. The fourth-order valence-corrected chi connectivity index (χ4v) is 2.98. The van der Waals surface area contributed by atoms with E-state index in [0.29, 0.717) is 19.0 Å². The first-order valence-electron chi connectivity index (χ1n) is 7.71. The van der Waals surface area contributed by atoms with E-state index in [-0.39, 0.29) is 23.7 Å². The van der Waals surface area contributed by atoms with Crippen molar-refractivity contribution in [2.24, 2.45) is 11.8 Å². The standard InChI is InChI=1S/C16H21N3O2/c20-15(18-10-11-4-3-7-17-9-11)13-8-14(13)16(21)19-12-5-1-2-6-12/h3-4,7,9,12-14H,1-2,5-6,8,10H2,(H,18,20)(H,19,21). The number of pyridine rings is 1. The van der Waals surface area contributed by atoms with Crippen molar-refractivity contribution >= 4 is 11.8 Å². The second kappa shape index (κ2) is 6.24. The predicted octanol–water partition coefficient (Wildman–Crippen LogP) is 1.39. The molecule has 112 valence electrons. The quantitative estimate of drug-likeness (QED) is 0.859. The highest BCUT2D eigenvalue weighted by Gasteiger charge is 2.48. The van der Waals surface area contributed by atoms with Crippen molar-refractivity contribution in [3.05, 3.63) is 30.1 Å². The van der Waals surface area contributed by atoms with Crippen molar-refractivity contribution in [3.63, 3.8) is 0 Å². The van der Waals surface area contributed by atoms with E-state index in [2.05, 4.69) is 15.6 Å². The Morgan fingerprint density at radius 1 is 1.19 bits per heavy atom. The van der Waals surface area contributed by atoms with Crippen LogP contribution in [0.2, 0.25) is 0 Å². The molecule has 2 amide bonds. The first-order valence-corrected chi connectivity index (χ1v) is 7.71. The van der Waals surface area contributed by atoms with Crippen LogP contribution in [0.25, 0.3) is 0 Å². The van der Waals surface area contributed by atoms with Gasteiger partial charge >= 0.3 is 0 Å². The minimum Gasteiger partial charge on any atom is -0.353 e. The summed E-state index contributed by atoms with van der Waals surface area (Å²) in [7, 11) is 0. The number of nitrogens with one attached hydrogen (secondary N) is 2. The lowest BCUT2D eigenvalue weighted by molar-refractivity contribution is -0.127. The van der Waals surface area contributed by atoms with E-state index in [0.717, 1.165) is 18.4 Å². The van der Waals surface area contributed by atoms with E-state index in [1.165, 1.54) is 12.8 Å². The smallest absolute Gasteiger partial charge is 0.224 e. The number of aromatic nitrogens is 1. The van der Waals surface area contributed by atoms with Gasteiger partial charge in [0, 0.05) is 25.0 Å². The molecule has 2 N–H and O–H groups in total. The minimum absolute atomic E-state index is 0.0228. The molecule has 1 aromatic heterocycles. The Bertz CT molecular complexity index is 512. The third-order valence-corrected chi connectivity index (χ3v) is 4.36. The van der Waals surface area contributed by atoms with Crippen molar-refractivity contribution in [2.45, 2.75) is 44.7 Å². The fraction of sp³-hybridized carbons (Fsp3) is 0.562. The van der Waals surface area contributed by atoms with Crippen LogP contribution in [0.15, 0.2) is 24.5 Å². The zero-order valence-electron chi connectivity index (χ0n) is 12.0. The van der Waals surface area contributed by atoms with E-state index >= 15 is 0 Å². The lowest BCUT2D eigenvalue weighted by Crippen LogP contribution is -2.35. The molecule has 21 heavy (non-hydrogen) atoms. The summed E-state index contributed by atoms with van der Waals surface area (Å²) in [6.45, 7) is 0.472. The van der Waals surface area contributed by atoms with Crippen molar-refractivity contribution in [1.29, 1.82) is 0 Å². The summed E-state index contributed by atoms with van der Waals surface area (Å²) in [5.41, 5.74) is 0.971. The second-order valence-corrected chi connectivity index (χ2v) is 6.02. The van der Waals surface area contributed by atoms with Crippen LogP contribution in [-0.2, 0) is 16.1 Å². The van der Waals surface area contributed by atoms with Crippen LogP contribution in [0.1, 0.15) is 37.7 Å². The molecule has 0 spiro atoms. The van der Waals surface area contributed by atoms with Gasteiger partial charge < -0.3 is 10.6 Å². The molecule has 2 aliphatic rings. The number of carbonyl (C=O) groups excluding carboxylic acids is 2. The molecule has 0 saturated heterocycles. The Labute approximate surface area is 124 Å². The van der Waals surface area contributed by atoms with Crippen LogP contribution in [0.4, 0.5) is 0 Å². The van der Waals surface area contributed by atoms with Gasteiger partial charge in [0.15, 0.2) is 0 Å². The monoisotopic (exact) mass is 287 g/mol. The highest BCUT2D eigenvalue weighted by atomic mass is 16.2. The number of rotatable bonds is 5. The molecule has 2 unspecified atom stereocenters. The van der Waals surface area contributed by atoms with Crippen molar-refractivity contribution in [3.8, 4) is 0 Å². The molecule has 2 saturated carbocycles. The first-order chi connectivity index (χ1) is 10.2. The number of nitrogens with zero attached hydrogens (tertiary/aromatic N) is 1. The molecule has 0 radical (unpaired) electrons. The van der Waals surface area contributed by atoms with Gasteiger partial charge in [-0.25, -0.2) is 0 Å². The van der Waals surface area contributed by atoms with Crippen LogP contribution in [0.3, 0.4) is 0 Å². The normalized spacial score (nSPS) is 24.6. The zero-order chi connectivity index (χ0) is 14.7. The third-order valence-electron chi connectivity index (χ3n) is 4.36. The van der Waals surface area contributed by atoms with Gasteiger partial charge in [-0.15, -0.1) is 0 Å². The topological polar surface area (TPSA) is 71.1 Å². The summed E-state index contributed by atoms with van der Waals surface area (Å²) in [4.78, 5) is 28.1. The molecule has 0 aromatic carbocycles. The van der Waals surface area contributed by atoms with Crippen molar-refractivity contribution in [1.82, 2.24) is 15.6 Å². The van der Waals surface area contributed by atoms with E-state index in [9.17, 15) is 9.59 Å². The number of hydrogen-bond acceptors (Lipinski definition) is 3. The molecule has 5 nitrogen and oxygen atoms in total. The molecular formula is C16H21N3O2. The molecule has 2 atom stereocenters. The molecule has 3 rings (SSSR count). The van der Waals surface area contributed by atoms with Gasteiger partial charge in [0.2, 0.25) is 11.8 Å². The minimum atomic E-state index is -0.150.